The standard InChI is InChI=1S/C19H20ClIN2O2/c1-3-9-25-19-17(21)10-15(11-18(19)24-4-2)13-23-22-12-14-5-7-16(20)8-6-14/h3,5-8,10-11,13,22H,1,4,9,12H2,2H3/b23-13-. The molecule has 0 fully saturated rings. The van der Waals surface area contributed by atoms with E-state index in [4.69, 9.17) is 21.1 Å². The van der Waals surface area contributed by atoms with E-state index in [-0.39, 0.29) is 0 Å². The Hall–Kier alpha value is -1.73. The van der Waals surface area contributed by atoms with Crippen molar-refractivity contribution < 1.29 is 9.47 Å². The summed E-state index contributed by atoms with van der Waals surface area (Å²) in [5.41, 5.74) is 5.07. The van der Waals surface area contributed by atoms with Crippen molar-refractivity contribution in [2.75, 3.05) is 13.2 Å². The van der Waals surface area contributed by atoms with Gasteiger partial charge >= 0.3 is 0 Å². The summed E-state index contributed by atoms with van der Waals surface area (Å²) in [7, 11) is 0. The minimum atomic E-state index is 0.437. The zero-order chi connectivity index (χ0) is 18.1. The quantitative estimate of drug-likeness (QED) is 0.242. The van der Waals surface area contributed by atoms with Crippen LogP contribution in [0.1, 0.15) is 18.1 Å². The molecule has 6 heteroatoms. The zero-order valence-corrected chi connectivity index (χ0v) is 16.9. The lowest BCUT2D eigenvalue weighted by molar-refractivity contribution is 0.295. The van der Waals surface area contributed by atoms with Crippen LogP contribution in [0.2, 0.25) is 5.02 Å². The van der Waals surface area contributed by atoms with Crippen molar-refractivity contribution in [3.63, 3.8) is 0 Å². The molecule has 0 aliphatic carbocycles. The van der Waals surface area contributed by atoms with Gasteiger partial charge in [0.05, 0.1) is 22.9 Å². The Balaban J connectivity index is 2.05. The third-order valence-corrected chi connectivity index (χ3v) is 4.23. The third-order valence-electron chi connectivity index (χ3n) is 3.18. The number of halogens is 2. The fraction of sp³-hybridized carbons (Fsp3) is 0.211. The fourth-order valence-electron chi connectivity index (χ4n) is 2.07. The second kappa shape index (κ2) is 10.3. The highest BCUT2D eigenvalue weighted by molar-refractivity contribution is 14.1. The molecule has 0 spiro atoms. The SMILES string of the molecule is C=CCOc1c(I)cc(/C=N\NCc2ccc(Cl)cc2)cc1OCC. The summed E-state index contributed by atoms with van der Waals surface area (Å²) in [6, 6.07) is 11.6. The molecule has 0 aliphatic rings. The minimum absolute atomic E-state index is 0.437. The van der Waals surface area contributed by atoms with Gasteiger partial charge in [-0.15, -0.1) is 0 Å². The molecule has 2 rings (SSSR count). The lowest BCUT2D eigenvalue weighted by atomic mass is 10.2. The van der Waals surface area contributed by atoms with E-state index in [1.807, 2.05) is 43.3 Å². The molecule has 0 saturated heterocycles. The summed E-state index contributed by atoms with van der Waals surface area (Å²) in [4.78, 5) is 0. The van der Waals surface area contributed by atoms with Gasteiger partial charge in [0.1, 0.15) is 6.61 Å². The number of ether oxygens (including phenoxy) is 2. The fourth-order valence-corrected chi connectivity index (χ4v) is 2.97. The largest absolute Gasteiger partial charge is 0.490 e. The van der Waals surface area contributed by atoms with Gasteiger partial charge < -0.3 is 14.9 Å². The van der Waals surface area contributed by atoms with Crippen molar-refractivity contribution in [3.8, 4) is 11.5 Å². The van der Waals surface area contributed by atoms with E-state index in [0.717, 1.165) is 25.5 Å². The molecule has 0 bridgehead atoms. The number of hydrogen-bond donors (Lipinski definition) is 1. The molecular formula is C19H20ClIN2O2. The number of hydrazone groups is 1. The maximum atomic E-state index is 5.87. The van der Waals surface area contributed by atoms with Crippen LogP contribution in [0, 0.1) is 3.57 Å². The Morgan fingerprint density at radius 1 is 1.24 bits per heavy atom. The van der Waals surface area contributed by atoms with Crippen LogP contribution in [0.5, 0.6) is 11.5 Å². The minimum Gasteiger partial charge on any atom is -0.490 e. The molecule has 0 aromatic heterocycles. The number of nitrogens with one attached hydrogen (secondary N) is 1. The maximum Gasteiger partial charge on any atom is 0.174 e. The van der Waals surface area contributed by atoms with Crippen molar-refractivity contribution in [3.05, 3.63) is 68.8 Å². The number of rotatable bonds is 9. The molecule has 25 heavy (non-hydrogen) atoms. The van der Waals surface area contributed by atoms with Crippen LogP contribution in [0.3, 0.4) is 0 Å². The van der Waals surface area contributed by atoms with E-state index in [1.54, 1.807) is 12.3 Å². The van der Waals surface area contributed by atoms with Gasteiger partial charge in [0.25, 0.3) is 0 Å². The van der Waals surface area contributed by atoms with Crippen molar-refractivity contribution in [1.82, 2.24) is 5.43 Å². The van der Waals surface area contributed by atoms with Crippen molar-refractivity contribution >= 4 is 40.4 Å². The van der Waals surface area contributed by atoms with E-state index in [9.17, 15) is 0 Å². The summed E-state index contributed by atoms with van der Waals surface area (Å²) >= 11 is 8.11. The first kappa shape index (κ1) is 19.6. The Morgan fingerprint density at radius 2 is 2.00 bits per heavy atom. The lowest BCUT2D eigenvalue weighted by Crippen LogP contribution is -2.06. The van der Waals surface area contributed by atoms with Crippen LogP contribution in [-0.4, -0.2) is 19.4 Å². The van der Waals surface area contributed by atoms with Gasteiger partial charge in [0, 0.05) is 5.02 Å². The normalized spacial score (nSPS) is 10.7. The second-order valence-corrected chi connectivity index (χ2v) is 6.68. The predicted molar refractivity (Wildman–Crippen MR) is 112 cm³/mol. The molecule has 2 aromatic rings. The maximum absolute atomic E-state index is 5.87. The Labute approximate surface area is 167 Å². The van der Waals surface area contributed by atoms with Gasteiger partial charge in [-0.3, -0.25) is 0 Å². The number of nitrogens with zero attached hydrogens (tertiary/aromatic N) is 1. The molecule has 0 heterocycles. The van der Waals surface area contributed by atoms with Crippen LogP contribution < -0.4 is 14.9 Å². The predicted octanol–water partition coefficient (Wildman–Crippen LogP) is 5.03. The molecule has 132 valence electrons. The molecule has 0 aliphatic heterocycles. The summed E-state index contributed by atoms with van der Waals surface area (Å²) in [6.07, 6.45) is 3.47. The smallest absolute Gasteiger partial charge is 0.174 e. The van der Waals surface area contributed by atoms with Crippen LogP contribution in [0.4, 0.5) is 0 Å². The van der Waals surface area contributed by atoms with E-state index < -0.39 is 0 Å². The third kappa shape index (κ3) is 6.25. The van der Waals surface area contributed by atoms with Crippen LogP contribution in [0.15, 0.2) is 54.2 Å². The average Bonchev–Trinajstić information content (AvgIpc) is 2.60. The van der Waals surface area contributed by atoms with Crippen molar-refractivity contribution in [1.29, 1.82) is 0 Å². The van der Waals surface area contributed by atoms with E-state index in [2.05, 4.69) is 39.7 Å². The van der Waals surface area contributed by atoms with Crippen molar-refractivity contribution in [2.45, 2.75) is 13.5 Å². The highest BCUT2D eigenvalue weighted by Crippen LogP contribution is 2.33. The molecule has 4 nitrogen and oxygen atoms in total. The van der Waals surface area contributed by atoms with E-state index in [0.29, 0.717) is 25.5 Å². The summed E-state index contributed by atoms with van der Waals surface area (Å²) in [5.74, 6) is 1.43. The molecule has 2 aromatic carbocycles. The van der Waals surface area contributed by atoms with Gasteiger partial charge in [0.2, 0.25) is 0 Å². The number of benzene rings is 2. The Bertz CT molecular complexity index is 733. The van der Waals surface area contributed by atoms with Gasteiger partial charge in [-0.1, -0.05) is 36.4 Å². The van der Waals surface area contributed by atoms with Crippen LogP contribution in [0.25, 0.3) is 0 Å². The second-order valence-electron chi connectivity index (χ2n) is 5.08. The Kier molecular flexibility index (Phi) is 8.08. The van der Waals surface area contributed by atoms with Gasteiger partial charge in [-0.05, 0) is 64.9 Å². The van der Waals surface area contributed by atoms with Gasteiger partial charge in [0.15, 0.2) is 11.5 Å². The van der Waals surface area contributed by atoms with Crippen LogP contribution in [-0.2, 0) is 6.54 Å². The van der Waals surface area contributed by atoms with E-state index in [1.165, 1.54) is 0 Å². The highest BCUT2D eigenvalue weighted by Gasteiger charge is 2.11. The van der Waals surface area contributed by atoms with E-state index >= 15 is 0 Å². The first-order valence-corrected chi connectivity index (χ1v) is 9.30. The monoisotopic (exact) mass is 470 g/mol. The Morgan fingerprint density at radius 3 is 2.68 bits per heavy atom. The van der Waals surface area contributed by atoms with Gasteiger partial charge in [-0.2, -0.15) is 5.10 Å². The first-order chi connectivity index (χ1) is 12.1. The molecule has 0 radical (unpaired) electrons. The lowest BCUT2D eigenvalue weighted by Gasteiger charge is -2.13. The molecule has 0 atom stereocenters. The summed E-state index contributed by atoms with van der Waals surface area (Å²) in [6.45, 7) is 7.25. The highest BCUT2D eigenvalue weighted by atomic mass is 127. The molecule has 0 unspecified atom stereocenters. The van der Waals surface area contributed by atoms with Gasteiger partial charge in [-0.25, -0.2) is 0 Å². The van der Waals surface area contributed by atoms with Crippen molar-refractivity contribution in [2.24, 2.45) is 5.10 Å². The number of hydrogen-bond acceptors (Lipinski definition) is 4. The molecular weight excluding hydrogens is 451 g/mol. The summed E-state index contributed by atoms with van der Waals surface area (Å²) in [5, 5.41) is 5.00. The molecule has 1 N–H and O–H groups in total. The molecule has 0 saturated carbocycles. The molecule has 0 amide bonds. The topological polar surface area (TPSA) is 42.8 Å². The zero-order valence-electron chi connectivity index (χ0n) is 14.0. The van der Waals surface area contributed by atoms with Crippen LogP contribution >= 0.6 is 34.2 Å². The summed E-state index contributed by atoms with van der Waals surface area (Å²) < 4.78 is 12.3. The first-order valence-electron chi connectivity index (χ1n) is 7.84. The average molecular weight is 471 g/mol.